The third kappa shape index (κ3) is 3.86. The summed E-state index contributed by atoms with van der Waals surface area (Å²) in [6, 6.07) is 12.8. The number of hydrogen-bond donors (Lipinski definition) is 2. The van der Waals surface area contributed by atoms with Gasteiger partial charge in [-0.3, -0.25) is 0 Å². The van der Waals surface area contributed by atoms with Crippen LogP contribution in [0.2, 0.25) is 0 Å². The van der Waals surface area contributed by atoms with Crippen LogP contribution < -0.4 is 15.4 Å². The van der Waals surface area contributed by atoms with Crippen LogP contribution in [0.4, 0.5) is 16.2 Å². The second kappa shape index (κ2) is 6.60. The highest BCUT2D eigenvalue weighted by Gasteiger charge is 2.05. The summed E-state index contributed by atoms with van der Waals surface area (Å²) < 4.78 is 6.21. The van der Waals surface area contributed by atoms with E-state index in [0.717, 1.165) is 20.6 Å². The molecule has 2 rings (SSSR count). The molecular formula is C15H15IN2O2. The number of ether oxygens (including phenoxy) is 1. The maximum Gasteiger partial charge on any atom is 0.323 e. The monoisotopic (exact) mass is 382 g/mol. The van der Waals surface area contributed by atoms with Gasteiger partial charge in [0.2, 0.25) is 0 Å². The van der Waals surface area contributed by atoms with E-state index in [2.05, 4.69) is 33.2 Å². The number of carbonyl (C=O) groups is 1. The lowest BCUT2D eigenvalue weighted by molar-refractivity contribution is 0.262. The third-order valence-electron chi connectivity index (χ3n) is 2.78. The van der Waals surface area contributed by atoms with Gasteiger partial charge in [0.1, 0.15) is 5.75 Å². The molecule has 0 radical (unpaired) electrons. The van der Waals surface area contributed by atoms with Gasteiger partial charge in [-0.2, -0.15) is 0 Å². The van der Waals surface area contributed by atoms with E-state index in [9.17, 15) is 4.79 Å². The van der Waals surface area contributed by atoms with Crippen molar-refractivity contribution in [2.75, 3.05) is 17.7 Å². The Morgan fingerprint density at radius 2 is 1.80 bits per heavy atom. The Morgan fingerprint density at radius 3 is 2.40 bits per heavy atom. The molecule has 0 fully saturated rings. The zero-order chi connectivity index (χ0) is 14.5. The number of benzene rings is 2. The fraction of sp³-hybridized carbons (Fsp3) is 0.133. The van der Waals surface area contributed by atoms with Crippen molar-refractivity contribution in [2.24, 2.45) is 0 Å². The molecule has 0 saturated carbocycles. The van der Waals surface area contributed by atoms with E-state index >= 15 is 0 Å². The Labute approximate surface area is 131 Å². The van der Waals surface area contributed by atoms with Gasteiger partial charge >= 0.3 is 6.03 Å². The number of amides is 2. The van der Waals surface area contributed by atoms with Crippen LogP contribution in [0.5, 0.6) is 5.75 Å². The minimum atomic E-state index is -0.264. The third-order valence-corrected chi connectivity index (χ3v) is 3.46. The Balaban J connectivity index is 2.01. The molecule has 2 aromatic carbocycles. The minimum absolute atomic E-state index is 0.264. The molecule has 0 atom stereocenters. The number of hydrogen-bond acceptors (Lipinski definition) is 2. The van der Waals surface area contributed by atoms with Crippen molar-refractivity contribution in [1.29, 1.82) is 0 Å². The molecule has 0 spiro atoms. The Bertz CT molecular complexity index is 612. The van der Waals surface area contributed by atoms with E-state index in [0.29, 0.717) is 5.69 Å². The molecule has 0 bridgehead atoms. The van der Waals surface area contributed by atoms with Gasteiger partial charge in [-0.05, 0) is 77.5 Å². The first kappa shape index (κ1) is 14.6. The molecule has 2 aromatic rings. The van der Waals surface area contributed by atoms with Crippen molar-refractivity contribution >= 4 is 40.0 Å². The summed E-state index contributed by atoms with van der Waals surface area (Å²) in [5, 5.41) is 5.61. The van der Waals surface area contributed by atoms with Gasteiger partial charge in [0, 0.05) is 14.9 Å². The predicted molar refractivity (Wildman–Crippen MR) is 89.5 cm³/mol. The average molecular weight is 382 g/mol. The number of halogens is 1. The zero-order valence-corrected chi connectivity index (χ0v) is 13.4. The van der Waals surface area contributed by atoms with Crippen LogP contribution >= 0.6 is 22.6 Å². The summed E-state index contributed by atoms with van der Waals surface area (Å²) >= 11 is 2.24. The average Bonchev–Trinajstić information content (AvgIpc) is 2.43. The summed E-state index contributed by atoms with van der Waals surface area (Å²) in [4.78, 5) is 11.9. The molecule has 4 nitrogen and oxygen atoms in total. The van der Waals surface area contributed by atoms with Gasteiger partial charge in [0.25, 0.3) is 0 Å². The van der Waals surface area contributed by atoms with Crippen molar-refractivity contribution in [3.05, 3.63) is 51.6 Å². The van der Waals surface area contributed by atoms with Gasteiger partial charge in [0.05, 0.1) is 7.11 Å². The fourth-order valence-electron chi connectivity index (χ4n) is 1.73. The fourth-order valence-corrected chi connectivity index (χ4v) is 2.37. The lowest BCUT2D eigenvalue weighted by Crippen LogP contribution is -2.19. The highest BCUT2D eigenvalue weighted by molar-refractivity contribution is 14.1. The highest BCUT2D eigenvalue weighted by Crippen LogP contribution is 2.19. The summed E-state index contributed by atoms with van der Waals surface area (Å²) in [5.74, 6) is 0.754. The number of rotatable bonds is 3. The van der Waals surface area contributed by atoms with Crippen LogP contribution in [-0.4, -0.2) is 13.1 Å². The van der Waals surface area contributed by atoms with Crippen LogP contribution in [0.3, 0.4) is 0 Å². The largest absolute Gasteiger partial charge is 0.497 e. The summed E-state index contributed by atoms with van der Waals surface area (Å²) in [6.45, 7) is 1.96. The van der Waals surface area contributed by atoms with Crippen molar-refractivity contribution in [3.63, 3.8) is 0 Å². The number of nitrogens with one attached hydrogen (secondary N) is 2. The summed E-state index contributed by atoms with van der Waals surface area (Å²) in [6.07, 6.45) is 0. The maximum atomic E-state index is 11.9. The van der Waals surface area contributed by atoms with Gasteiger partial charge in [-0.25, -0.2) is 4.79 Å². The zero-order valence-electron chi connectivity index (χ0n) is 11.2. The number of anilines is 2. The van der Waals surface area contributed by atoms with Gasteiger partial charge in [0.15, 0.2) is 0 Å². The van der Waals surface area contributed by atoms with Crippen molar-refractivity contribution in [2.45, 2.75) is 6.92 Å². The van der Waals surface area contributed by atoms with Crippen LogP contribution in [0.15, 0.2) is 42.5 Å². The molecule has 0 unspecified atom stereocenters. The second-order valence-corrected chi connectivity index (χ2v) is 5.51. The van der Waals surface area contributed by atoms with Gasteiger partial charge < -0.3 is 15.4 Å². The molecule has 2 N–H and O–H groups in total. The van der Waals surface area contributed by atoms with E-state index in [1.54, 1.807) is 31.4 Å². The summed E-state index contributed by atoms with van der Waals surface area (Å²) in [7, 11) is 1.61. The van der Waals surface area contributed by atoms with Crippen LogP contribution in [0.25, 0.3) is 0 Å². The SMILES string of the molecule is COc1ccc(NC(=O)Nc2ccc(I)cc2C)cc1. The highest BCUT2D eigenvalue weighted by atomic mass is 127. The molecule has 104 valence electrons. The van der Waals surface area contributed by atoms with E-state index in [-0.39, 0.29) is 6.03 Å². The molecule has 0 aromatic heterocycles. The lowest BCUT2D eigenvalue weighted by Gasteiger charge is -2.10. The van der Waals surface area contributed by atoms with Crippen LogP contribution in [0, 0.1) is 10.5 Å². The maximum absolute atomic E-state index is 11.9. The Hall–Kier alpha value is -1.76. The van der Waals surface area contributed by atoms with E-state index in [1.807, 2.05) is 25.1 Å². The molecule has 5 heteroatoms. The number of urea groups is 1. The van der Waals surface area contributed by atoms with Crippen molar-refractivity contribution in [1.82, 2.24) is 0 Å². The van der Waals surface area contributed by atoms with Gasteiger partial charge in [-0.1, -0.05) is 0 Å². The second-order valence-electron chi connectivity index (χ2n) is 4.27. The molecule has 0 aliphatic rings. The Morgan fingerprint density at radius 1 is 1.10 bits per heavy atom. The molecule has 0 aliphatic heterocycles. The standard InChI is InChI=1S/C15H15IN2O2/c1-10-9-11(16)3-8-14(10)18-15(19)17-12-4-6-13(20-2)7-5-12/h3-9H,1-2H3,(H2,17,18,19). The topological polar surface area (TPSA) is 50.4 Å². The number of aryl methyl sites for hydroxylation is 1. The molecule has 0 saturated heterocycles. The Kier molecular flexibility index (Phi) is 4.84. The first-order chi connectivity index (χ1) is 9.58. The van der Waals surface area contributed by atoms with E-state index < -0.39 is 0 Å². The first-order valence-electron chi connectivity index (χ1n) is 6.06. The number of methoxy groups -OCH3 is 1. The van der Waals surface area contributed by atoms with E-state index in [4.69, 9.17) is 4.74 Å². The van der Waals surface area contributed by atoms with Crippen molar-refractivity contribution < 1.29 is 9.53 Å². The summed E-state index contributed by atoms with van der Waals surface area (Å²) in [5.41, 5.74) is 2.55. The molecule has 0 aliphatic carbocycles. The minimum Gasteiger partial charge on any atom is -0.497 e. The smallest absolute Gasteiger partial charge is 0.323 e. The normalized spacial score (nSPS) is 9.95. The molecular weight excluding hydrogens is 367 g/mol. The van der Waals surface area contributed by atoms with Crippen molar-refractivity contribution in [3.8, 4) is 5.75 Å². The molecule has 0 heterocycles. The lowest BCUT2D eigenvalue weighted by atomic mass is 10.2. The molecule has 20 heavy (non-hydrogen) atoms. The van der Waals surface area contributed by atoms with Crippen LogP contribution in [-0.2, 0) is 0 Å². The van der Waals surface area contributed by atoms with Crippen LogP contribution in [0.1, 0.15) is 5.56 Å². The quantitative estimate of drug-likeness (QED) is 0.780. The molecule has 2 amide bonds. The predicted octanol–water partition coefficient (Wildman–Crippen LogP) is 4.25. The van der Waals surface area contributed by atoms with Gasteiger partial charge in [-0.15, -0.1) is 0 Å². The number of carbonyl (C=O) groups excluding carboxylic acids is 1. The van der Waals surface area contributed by atoms with E-state index in [1.165, 1.54) is 0 Å². The first-order valence-corrected chi connectivity index (χ1v) is 7.14.